The Labute approximate surface area is 110 Å². The second-order valence-electron chi connectivity index (χ2n) is 4.53. The molecule has 1 aliphatic rings. The molecule has 0 aliphatic carbocycles. The van der Waals surface area contributed by atoms with Gasteiger partial charge in [0.05, 0.1) is 0 Å². The number of carbonyl (C=O) groups excluding carboxylic acids is 2. The van der Waals surface area contributed by atoms with E-state index in [-0.39, 0.29) is 11.8 Å². The fourth-order valence-electron chi connectivity index (χ4n) is 2.39. The minimum Gasteiger partial charge on any atom is -0.368 e. The van der Waals surface area contributed by atoms with Crippen molar-refractivity contribution in [2.75, 3.05) is 11.4 Å². The summed E-state index contributed by atoms with van der Waals surface area (Å²) < 4.78 is 0. The van der Waals surface area contributed by atoms with Gasteiger partial charge < -0.3 is 10.6 Å². The van der Waals surface area contributed by atoms with Crippen molar-refractivity contribution in [3.63, 3.8) is 0 Å². The van der Waals surface area contributed by atoms with Crippen LogP contribution in [0.3, 0.4) is 0 Å². The number of aromatic nitrogens is 1. The van der Waals surface area contributed by atoms with Crippen molar-refractivity contribution in [1.82, 2.24) is 10.4 Å². The van der Waals surface area contributed by atoms with E-state index in [1.165, 1.54) is 0 Å². The zero-order chi connectivity index (χ0) is 13.8. The molecule has 0 radical (unpaired) electrons. The summed E-state index contributed by atoms with van der Waals surface area (Å²) in [7, 11) is 0. The molecule has 2 atom stereocenters. The lowest BCUT2D eigenvalue weighted by Crippen LogP contribution is -2.53. The summed E-state index contributed by atoms with van der Waals surface area (Å²) in [6.07, 6.45) is 2.63. The highest BCUT2D eigenvalue weighted by atomic mass is 16.2. The highest BCUT2D eigenvalue weighted by molar-refractivity contribution is 5.86. The van der Waals surface area contributed by atoms with E-state index >= 15 is 0 Å². The van der Waals surface area contributed by atoms with E-state index in [9.17, 15) is 9.59 Å². The fraction of sp³-hybridized carbons (Fsp3) is 0.417. The number of primary amides is 1. The van der Waals surface area contributed by atoms with Gasteiger partial charge in [-0.2, -0.15) is 0 Å². The van der Waals surface area contributed by atoms with Crippen LogP contribution in [-0.4, -0.2) is 29.4 Å². The number of nitrogens with two attached hydrogens (primary N) is 2. The van der Waals surface area contributed by atoms with Crippen LogP contribution in [0.25, 0.3) is 0 Å². The van der Waals surface area contributed by atoms with Crippen molar-refractivity contribution in [2.24, 2.45) is 17.5 Å². The van der Waals surface area contributed by atoms with Gasteiger partial charge in [0.1, 0.15) is 11.9 Å². The van der Waals surface area contributed by atoms with Crippen LogP contribution in [0.5, 0.6) is 0 Å². The van der Waals surface area contributed by atoms with Crippen LogP contribution in [0.1, 0.15) is 12.8 Å². The van der Waals surface area contributed by atoms with Crippen molar-refractivity contribution < 1.29 is 9.59 Å². The SMILES string of the molecule is NNC(=O)C1CCN(c2ccccn2)C(C(N)=O)C1. The standard InChI is InChI=1S/C12H17N5O2/c13-11(18)9-7-8(12(19)16-14)4-6-17(9)10-3-1-2-5-15-10/h1-3,5,8-9H,4,6-7,14H2,(H2,13,18)(H,16,19). The zero-order valence-corrected chi connectivity index (χ0v) is 10.5. The Hall–Kier alpha value is -2.15. The number of nitrogens with zero attached hydrogens (tertiary/aromatic N) is 2. The number of anilines is 1. The van der Waals surface area contributed by atoms with Crippen molar-refractivity contribution in [2.45, 2.75) is 18.9 Å². The molecular formula is C12H17N5O2. The summed E-state index contributed by atoms with van der Waals surface area (Å²) >= 11 is 0. The van der Waals surface area contributed by atoms with Gasteiger partial charge in [-0.25, -0.2) is 10.8 Å². The molecule has 7 heteroatoms. The Morgan fingerprint density at radius 3 is 2.79 bits per heavy atom. The van der Waals surface area contributed by atoms with Crippen LogP contribution in [0.15, 0.2) is 24.4 Å². The number of hydrogen-bond acceptors (Lipinski definition) is 5. The second-order valence-corrected chi connectivity index (χ2v) is 4.53. The molecule has 2 rings (SSSR count). The van der Waals surface area contributed by atoms with Crippen LogP contribution < -0.4 is 21.9 Å². The van der Waals surface area contributed by atoms with E-state index in [4.69, 9.17) is 11.6 Å². The quantitative estimate of drug-likeness (QED) is 0.373. The third-order valence-corrected chi connectivity index (χ3v) is 3.39. The Bertz CT molecular complexity index is 464. The number of amides is 2. The number of nitrogens with one attached hydrogen (secondary N) is 1. The minimum absolute atomic E-state index is 0.257. The van der Waals surface area contributed by atoms with Gasteiger partial charge in [-0.15, -0.1) is 0 Å². The highest BCUT2D eigenvalue weighted by Crippen LogP contribution is 2.26. The Balaban J connectivity index is 2.18. The van der Waals surface area contributed by atoms with E-state index in [2.05, 4.69) is 10.4 Å². The summed E-state index contributed by atoms with van der Waals surface area (Å²) in [6, 6.07) is 4.93. The van der Waals surface area contributed by atoms with Crippen LogP contribution in [0.2, 0.25) is 0 Å². The molecule has 102 valence electrons. The summed E-state index contributed by atoms with van der Waals surface area (Å²) in [5, 5.41) is 0. The maximum atomic E-state index is 11.6. The lowest BCUT2D eigenvalue weighted by atomic mass is 9.90. The first kappa shape index (κ1) is 13.3. The molecule has 0 aromatic carbocycles. The average molecular weight is 263 g/mol. The topological polar surface area (TPSA) is 114 Å². The Morgan fingerprint density at radius 1 is 1.42 bits per heavy atom. The van der Waals surface area contributed by atoms with Gasteiger partial charge in [0.25, 0.3) is 0 Å². The largest absolute Gasteiger partial charge is 0.368 e. The number of rotatable bonds is 3. The van der Waals surface area contributed by atoms with Crippen molar-refractivity contribution in [3.05, 3.63) is 24.4 Å². The normalized spacial score (nSPS) is 22.9. The van der Waals surface area contributed by atoms with E-state index in [1.54, 1.807) is 12.3 Å². The number of hydrogen-bond donors (Lipinski definition) is 3. The van der Waals surface area contributed by atoms with Crippen LogP contribution in [-0.2, 0) is 9.59 Å². The summed E-state index contributed by atoms with van der Waals surface area (Å²) in [5.41, 5.74) is 7.55. The Morgan fingerprint density at radius 2 is 2.21 bits per heavy atom. The third kappa shape index (κ3) is 2.82. The first-order chi connectivity index (χ1) is 9.13. The van der Waals surface area contributed by atoms with Crippen LogP contribution >= 0.6 is 0 Å². The van der Waals surface area contributed by atoms with Crippen molar-refractivity contribution >= 4 is 17.6 Å². The van der Waals surface area contributed by atoms with Gasteiger partial charge in [0, 0.05) is 18.7 Å². The van der Waals surface area contributed by atoms with Crippen molar-refractivity contribution in [1.29, 1.82) is 0 Å². The van der Waals surface area contributed by atoms with E-state index in [1.807, 2.05) is 17.0 Å². The predicted molar refractivity (Wildman–Crippen MR) is 69.6 cm³/mol. The lowest BCUT2D eigenvalue weighted by molar-refractivity contribution is -0.127. The fourth-order valence-corrected chi connectivity index (χ4v) is 2.39. The second kappa shape index (κ2) is 5.66. The molecule has 5 N–H and O–H groups in total. The number of hydrazine groups is 1. The smallest absolute Gasteiger partial charge is 0.240 e. The van der Waals surface area contributed by atoms with Crippen molar-refractivity contribution in [3.8, 4) is 0 Å². The molecule has 7 nitrogen and oxygen atoms in total. The van der Waals surface area contributed by atoms with Gasteiger partial charge >= 0.3 is 0 Å². The zero-order valence-electron chi connectivity index (χ0n) is 10.5. The molecule has 1 aromatic rings. The van der Waals surface area contributed by atoms with Crippen LogP contribution in [0, 0.1) is 5.92 Å². The molecule has 19 heavy (non-hydrogen) atoms. The monoisotopic (exact) mass is 263 g/mol. The molecule has 2 amide bonds. The molecule has 0 saturated carbocycles. The molecule has 1 fully saturated rings. The molecule has 0 spiro atoms. The average Bonchev–Trinajstić information content (AvgIpc) is 2.46. The molecular weight excluding hydrogens is 246 g/mol. The molecule has 2 heterocycles. The number of carbonyl (C=O) groups is 2. The predicted octanol–water partition coefficient (Wildman–Crippen LogP) is -0.858. The summed E-state index contributed by atoms with van der Waals surface area (Å²) in [5.74, 6) is 4.82. The molecule has 1 saturated heterocycles. The minimum atomic E-state index is -0.536. The molecule has 1 aliphatic heterocycles. The first-order valence-electron chi connectivity index (χ1n) is 6.11. The van der Waals surface area contributed by atoms with E-state index in [0.717, 1.165) is 0 Å². The van der Waals surface area contributed by atoms with Gasteiger partial charge in [-0.1, -0.05) is 6.07 Å². The summed E-state index contributed by atoms with van der Waals surface area (Å²) in [4.78, 5) is 29.2. The lowest BCUT2D eigenvalue weighted by Gasteiger charge is -2.37. The molecule has 1 aromatic heterocycles. The highest BCUT2D eigenvalue weighted by Gasteiger charge is 2.35. The number of pyridine rings is 1. The molecule has 2 unspecified atom stereocenters. The maximum absolute atomic E-state index is 11.6. The van der Waals surface area contributed by atoms with Gasteiger partial charge in [-0.05, 0) is 25.0 Å². The summed E-state index contributed by atoms with van der Waals surface area (Å²) in [6.45, 7) is 0.544. The third-order valence-electron chi connectivity index (χ3n) is 3.39. The number of piperidine rings is 1. The van der Waals surface area contributed by atoms with Gasteiger partial charge in [0.15, 0.2) is 0 Å². The van der Waals surface area contributed by atoms with Crippen LogP contribution in [0.4, 0.5) is 5.82 Å². The van der Waals surface area contributed by atoms with Gasteiger partial charge in [0.2, 0.25) is 11.8 Å². The van der Waals surface area contributed by atoms with E-state index < -0.39 is 11.9 Å². The first-order valence-corrected chi connectivity index (χ1v) is 6.11. The van der Waals surface area contributed by atoms with E-state index in [0.29, 0.717) is 25.2 Å². The Kier molecular flexibility index (Phi) is 3.96. The van der Waals surface area contributed by atoms with Gasteiger partial charge in [-0.3, -0.25) is 15.0 Å². The molecule has 0 bridgehead atoms. The maximum Gasteiger partial charge on any atom is 0.240 e.